The molecule has 88 valence electrons. The SMILES string of the molecule is O=C(O)CCCCNCC1CCCCC1. The number of nitrogens with one attached hydrogen (secondary N) is 1. The van der Waals surface area contributed by atoms with Crippen LogP contribution in [0.25, 0.3) is 0 Å². The van der Waals surface area contributed by atoms with Gasteiger partial charge in [-0.15, -0.1) is 0 Å². The second-order valence-corrected chi connectivity index (χ2v) is 4.56. The Hall–Kier alpha value is -0.570. The molecule has 0 spiro atoms. The number of carbonyl (C=O) groups is 1. The zero-order valence-corrected chi connectivity index (χ0v) is 9.50. The molecular weight excluding hydrogens is 190 g/mol. The fraction of sp³-hybridized carbons (Fsp3) is 0.917. The minimum absolute atomic E-state index is 0.311. The number of hydrogen-bond donors (Lipinski definition) is 2. The third kappa shape index (κ3) is 6.50. The van der Waals surface area contributed by atoms with Crippen molar-refractivity contribution in [3.05, 3.63) is 0 Å². The summed E-state index contributed by atoms with van der Waals surface area (Å²) >= 11 is 0. The van der Waals surface area contributed by atoms with Gasteiger partial charge in [-0.05, 0) is 44.7 Å². The first-order valence-corrected chi connectivity index (χ1v) is 6.21. The Morgan fingerprint density at radius 3 is 2.60 bits per heavy atom. The topological polar surface area (TPSA) is 49.3 Å². The Balaban J connectivity index is 1.85. The van der Waals surface area contributed by atoms with Crippen LogP contribution in [0.2, 0.25) is 0 Å². The van der Waals surface area contributed by atoms with Crippen LogP contribution >= 0.6 is 0 Å². The zero-order valence-electron chi connectivity index (χ0n) is 9.50. The highest BCUT2D eigenvalue weighted by molar-refractivity contribution is 5.66. The van der Waals surface area contributed by atoms with Gasteiger partial charge in [-0.2, -0.15) is 0 Å². The van der Waals surface area contributed by atoms with E-state index >= 15 is 0 Å². The molecule has 15 heavy (non-hydrogen) atoms. The van der Waals surface area contributed by atoms with Gasteiger partial charge in [0.15, 0.2) is 0 Å². The molecule has 1 saturated carbocycles. The van der Waals surface area contributed by atoms with Gasteiger partial charge >= 0.3 is 5.97 Å². The average molecular weight is 213 g/mol. The molecule has 0 aromatic heterocycles. The van der Waals surface area contributed by atoms with E-state index in [9.17, 15) is 4.79 Å². The molecule has 0 bridgehead atoms. The lowest BCUT2D eigenvalue weighted by molar-refractivity contribution is -0.137. The monoisotopic (exact) mass is 213 g/mol. The molecule has 0 atom stereocenters. The summed E-state index contributed by atoms with van der Waals surface area (Å²) in [6.07, 6.45) is 9.05. The fourth-order valence-corrected chi connectivity index (χ4v) is 2.22. The van der Waals surface area contributed by atoms with Crippen LogP contribution in [0.5, 0.6) is 0 Å². The van der Waals surface area contributed by atoms with Crippen molar-refractivity contribution in [2.45, 2.75) is 51.4 Å². The molecule has 2 N–H and O–H groups in total. The number of carboxylic acid groups (broad SMARTS) is 1. The molecular formula is C12H23NO2. The molecule has 0 saturated heterocycles. The smallest absolute Gasteiger partial charge is 0.303 e. The summed E-state index contributed by atoms with van der Waals surface area (Å²) in [6, 6.07) is 0. The van der Waals surface area contributed by atoms with Crippen LogP contribution in [0.1, 0.15) is 51.4 Å². The van der Waals surface area contributed by atoms with E-state index in [2.05, 4.69) is 5.32 Å². The van der Waals surface area contributed by atoms with Crippen LogP contribution in [-0.4, -0.2) is 24.2 Å². The summed E-state index contributed by atoms with van der Waals surface area (Å²) in [5.74, 6) is 0.195. The summed E-state index contributed by atoms with van der Waals surface area (Å²) in [4.78, 5) is 10.3. The molecule has 0 aromatic carbocycles. The molecule has 0 heterocycles. The summed E-state index contributed by atoms with van der Waals surface area (Å²) < 4.78 is 0. The Morgan fingerprint density at radius 2 is 1.93 bits per heavy atom. The minimum Gasteiger partial charge on any atom is -0.481 e. The highest BCUT2D eigenvalue weighted by atomic mass is 16.4. The largest absolute Gasteiger partial charge is 0.481 e. The number of aliphatic carboxylic acids is 1. The number of unbranched alkanes of at least 4 members (excludes halogenated alkanes) is 1. The van der Waals surface area contributed by atoms with Gasteiger partial charge in [-0.1, -0.05) is 19.3 Å². The third-order valence-corrected chi connectivity index (χ3v) is 3.15. The summed E-state index contributed by atoms with van der Waals surface area (Å²) in [6.45, 7) is 2.11. The quantitative estimate of drug-likeness (QED) is 0.638. The van der Waals surface area contributed by atoms with Crippen LogP contribution < -0.4 is 5.32 Å². The molecule has 1 fully saturated rings. The van der Waals surface area contributed by atoms with E-state index in [1.165, 1.54) is 32.1 Å². The Labute approximate surface area is 92.3 Å². The summed E-state index contributed by atoms with van der Waals surface area (Å²) in [5, 5.41) is 11.9. The van der Waals surface area contributed by atoms with Crippen LogP contribution in [0.4, 0.5) is 0 Å². The van der Waals surface area contributed by atoms with Crippen molar-refractivity contribution in [1.29, 1.82) is 0 Å². The second-order valence-electron chi connectivity index (χ2n) is 4.56. The van der Waals surface area contributed by atoms with Crippen LogP contribution in [0, 0.1) is 5.92 Å². The van der Waals surface area contributed by atoms with E-state index in [1.54, 1.807) is 0 Å². The second kappa shape index (κ2) is 7.69. The van der Waals surface area contributed by atoms with Crippen molar-refractivity contribution in [2.24, 2.45) is 5.92 Å². The fourth-order valence-electron chi connectivity index (χ4n) is 2.22. The van der Waals surface area contributed by atoms with Gasteiger partial charge in [-0.3, -0.25) is 4.79 Å². The van der Waals surface area contributed by atoms with Crippen molar-refractivity contribution < 1.29 is 9.90 Å². The predicted molar refractivity (Wildman–Crippen MR) is 60.9 cm³/mol. The van der Waals surface area contributed by atoms with E-state index in [0.29, 0.717) is 6.42 Å². The molecule has 1 aliphatic carbocycles. The standard InChI is InChI=1S/C12H23NO2/c14-12(15)8-4-5-9-13-10-11-6-2-1-3-7-11/h11,13H,1-10H2,(H,14,15). The van der Waals surface area contributed by atoms with Crippen LogP contribution in [0.15, 0.2) is 0 Å². The Kier molecular flexibility index (Phi) is 6.41. The molecule has 0 aromatic rings. The van der Waals surface area contributed by atoms with E-state index in [4.69, 9.17) is 5.11 Å². The van der Waals surface area contributed by atoms with Gasteiger partial charge in [0.2, 0.25) is 0 Å². The van der Waals surface area contributed by atoms with Crippen molar-refractivity contribution in [3.8, 4) is 0 Å². The molecule has 3 heteroatoms. The lowest BCUT2D eigenvalue weighted by Crippen LogP contribution is -2.25. The number of rotatable bonds is 7. The predicted octanol–water partition coefficient (Wildman–Crippen LogP) is 2.41. The highest BCUT2D eigenvalue weighted by Crippen LogP contribution is 2.22. The lowest BCUT2D eigenvalue weighted by atomic mass is 9.89. The first-order valence-electron chi connectivity index (χ1n) is 6.21. The Morgan fingerprint density at radius 1 is 1.20 bits per heavy atom. The van der Waals surface area contributed by atoms with E-state index in [1.807, 2.05) is 0 Å². The molecule has 1 rings (SSSR count). The summed E-state index contributed by atoms with van der Waals surface area (Å²) in [5.41, 5.74) is 0. The number of carboxylic acids is 1. The molecule has 3 nitrogen and oxygen atoms in total. The highest BCUT2D eigenvalue weighted by Gasteiger charge is 2.12. The zero-order chi connectivity index (χ0) is 10.9. The molecule has 0 radical (unpaired) electrons. The van der Waals surface area contributed by atoms with Gasteiger partial charge in [-0.25, -0.2) is 0 Å². The lowest BCUT2D eigenvalue weighted by Gasteiger charge is -2.21. The van der Waals surface area contributed by atoms with E-state index in [0.717, 1.165) is 31.8 Å². The van der Waals surface area contributed by atoms with Gasteiger partial charge in [0.1, 0.15) is 0 Å². The molecule has 0 aliphatic heterocycles. The number of hydrogen-bond acceptors (Lipinski definition) is 2. The maximum atomic E-state index is 10.3. The van der Waals surface area contributed by atoms with Crippen LogP contribution in [0.3, 0.4) is 0 Å². The first-order chi connectivity index (χ1) is 7.29. The molecule has 0 amide bonds. The van der Waals surface area contributed by atoms with Crippen molar-refractivity contribution in [2.75, 3.05) is 13.1 Å². The molecule has 1 aliphatic rings. The van der Waals surface area contributed by atoms with Gasteiger partial charge < -0.3 is 10.4 Å². The van der Waals surface area contributed by atoms with E-state index < -0.39 is 5.97 Å². The van der Waals surface area contributed by atoms with Crippen molar-refractivity contribution >= 4 is 5.97 Å². The maximum absolute atomic E-state index is 10.3. The van der Waals surface area contributed by atoms with Crippen molar-refractivity contribution in [3.63, 3.8) is 0 Å². The van der Waals surface area contributed by atoms with Gasteiger partial charge in [0.25, 0.3) is 0 Å². The van der Waals surface area contributed by atoms with Crippen LogP contribution in [-0.2, 0) is 4.79 Å². The normalized spacial score (nSPS) is 17.9. The van der Waals surface area contributed by atoms with Gasteiger partial charge in [0.05, 0.1) is 0 Å². The summed E-state index contributed by atoms with van der Waals surface area (Å²) in [7, 11) is 0. The minimum atomic E-state index is -0.678. The average Bonchev–Trinajstić information content (AvgIpc) is 2.24. The third-order valence-electron chi connectivity index (χ3n) is 3.15. The van der Waals surface area contributed by atoms with Gasteiger partial charge in [0, 0.05) is 6.42 Å². The molecule has 0 unspecified atom stereocenters. The first kappa shape index (κ1) is 12.5. The van der Waals surface area contributed by atoms with Crippen molar-refractivity contribution in [1.82, 2.24) is 5.32 Å². The maximum Gasteiger partial charge on any atom is 0.303 e. The van der Waals surface area contributed by atoms with E-state index in [-0.39, 0.29) is 0 Å². The Bertz CT molecular complexity index is 176.